The summed E-state index contributed by atoms with van der Waals surface area (Å²) in [4.78, 5) is 16.1. The van der Waals surface area contributed by atoms with Crippen molar-refractivity contribution in [3.63, 3.8) is 0 Å². The summed E-state index contributed by atoms with van der Waals surface area (Å²) in [6.45, 7) is 4.90. The summed E-state index contributed by atoms with van der Waals surface area (Å²) in [5.41, 5.74) is -0.489. The molecule has 1 amide bonds. The van der Waals surface area contributed by atoms with Gasteiger partial charge in [0.15, 0.2) is 0 Å². The molecule has 0 saturated carbocycles. The molecule has 0 radical (unpaired) electrons. The Hall–Kier alpha value is -3.23. The van der Waals surface area contributed by atoms with Crippen LogP contribution in [0.3, 0.4) is 0 Å². The average Bonchev–Trinajstić information content (AvgIpc) is 2.70. The molecule has 0 fully saturated rings. The second-order valence-corrected chi connectivity index (χ2v) is 5.73. The van der Waals surface area contributed by atoms with Crippen LogP contribution in [0.2, 0.25) is 0 Å². The first-order valence-electron chi connectivity index (χ1n) is 8.66. The molecule has 0 saturated heterocycles. The van der Waals surface area contributed by atoms with E-state index in [1.807, 2.05) is 0 Å². The molecule has 0 unspecified atom stereocenters. The zero-order valence-corrected chi connectivity index (χ0v) is 16.8. The van der Waals surface area contributed by atoms with Crippen molar-refractivity contribution in [3.05, 3.63) is 77.0 Å². The highest BCUT2D eigenvalue weighted by Crippen LogP contribution is 2.35. The summed E-state index contributed by atoms with van der Waals surface area (Å²) >= 11 is 0. The van der Waals surface area contributed by atoms with Crippen LogP contribution in [0.4, 0.5) is 22.0 Å². The molecule has 0 atom stereocenters. The first-order chi connectivity index (χ1) is 14.2. The van der Waals surface area contributed by atoms with Crippen LogP contribution in [-0.4, -0.2) is 18.1 Å². The smallest absolute Gasteiger partial charge is 0.416 e. The number of amides is 1. The number of nitrogens with one attached hydrogen (secondary N) is 1. The fourth-order valence-electron chi connectivity index (χ4n) is 2.30. The van der Waals surface area contributed by atoms with E-state index in [9.17, 15) is 26.7 Å². The lowest BCUT2D eigenvalue weighted by Gasteiger charge is -2.15. The average molecular weight is 428 g/mol. The first-order valence-corrected chi connectivity index (χ1v) is 8.66. The van der Waals surface area contributed by atoms with E-state index in [2.05, 4.69) is 10.3 Å². The Balaban J connectivity index is 0.00000218. The molecule has 4 nitrogen and oxygen atoms in total. The number of pyridine rings is 1. The van der Waals surface area contributed by atoms with Crippen molar-refractivity contribution in [3.8, 4) is 11.5 Å². The van der Waals surface area contributed by atoms with Crippen molar-refractivity contribution in [2.24, 2.45) is 0 Å². The molecule has 0 bridgehead atoms. The molecular formula is C21H21F5N2O2. The van der Waals surface area contributed by atoms with E-state index in [0.717, 1.165) is 24.3 Å². The third-order valence-corrected chi connectivity index (χ3v) is 3.69. The van der Waals surface area contributed by atoms with Crippen molar-refractivity contribution in [1.29, 1.82) is 0 Å². The maximum absolute atomic E-state index is 13.2. The van der Waals surface area contributed by atoms with Gasteiger partial charge in [-0.25, -0.2) is 4.98 Å². The third kappa shape index (κ3) is 6.68. The van der Waals surface area contributed by atoms with E-state index in [1.165, 1.54) is 13.0 Å². The number of carbonyl (C=O) groups excluding carboxylic acids is 1. The van der Waals surface area contributed by atoms with E-state index in [1.54, 1.807) is 32.1 Å². The number of benzene rings is 1. The molecular weight excluding hydrogens is 407 g/mol. The fraction of sp³-hybridized carbons (Fsp3) is 0.238. The van der Waals surface area contributed by atoms with Gasteiger partial charge in [-0.3, -0.25) is 9.18 Å². The van der Waals surface area contributed by atoms with Crippen LogP contribution in [-0.2, 0) is 6.18 Å². The summed E-state index contributed by atoms with van der Waals surface area (Å²) in [6.07, 6.45) is 0.350. The number of nitrogens with zero attached hydrogens (tertiary/aromatic N) is 1. The number of carbonyl (C=O) groups is 1. The molecule has 1 aromatic heterocycles. The topological polar surface area (TPSA) is 51.2 Å². The minimum Gasteiger partial charge on any atom is -0.455 e. The number of aryl methyl sites for hydroxylation is 1. The van der Waals surface area contributed by atoms with Crippen molar-refractivity contribution in [1.82, 2.24) is 10.3 Å². The lowest BCUT2D eigenvalue weighted by molar-refractivity contribution is -0.137. The minimum absolute atomic E-state index is 0.0366. The maximum atomic E-state index is 13.2. The van der Waals surface area contributed by atoms with Crippen molar-refractivity contribution >= 4 is 5.91 Å². The third-order valence-electron chi connectivity index (χ3n) is 3.69. The summed E-state index contributed by atoms with van der Waals surface area (Å²) < 4.78 is 67.5. The molecule has 1 heterocycles. The number of alkyl halides is 4. The highest BCUT2D eigenvalue weighted by atomic mass is 19.4. The molecule has 1 aromatic carbocycles. The zero-order valence-electron chi connectivity index (χ0n) is 16.8. The number of hydrogen-bond donors (Lipinski definition) is 1. The van der Waals surface area contributed by atoms with Gasteiger partial charge in [0.25, 0.3) is 5.91 Å². The van der Waals surface area contributed by atoms with E-state index in [0.29, 0.717) is 12.9 Å². The minimum atomic E-state index is -4.62. The molecule has 2 aromatic rings. The number of aromatic nitrogens is 1. The maximum Gasteiger partial charge on any atom is 0.416 e. The van der Waals surface area contributed by atoms with Crippen LogP contribution in [0.1, 0.15) is 35.5 Å². The number of hydrogen-bond acceptors (Lipinski definition) is 3. The Morgan fingerprint density at radius 3 is 2.30 bits per heavy atom. The molecule has 0 spiro atoms. The monoisotopic (exact) mass is 428 g/mol. The molecule has 0 aliphatic rings. The Kier molecular flexibility index (Phi) is 9.16. The van der Waals surface area contributed by atoms with Crippen LogP contribution in [0.15, 0.2) is 54.3 Å². The van der Waals surface area contributed by atoms with Gasteiger partial charge >= 0.3 is 6.18 Å². The number of allylic oxidation sites excluding steroid dienone is 3. The predicted molar refractivity (Wildman–Crippen MR) is 104 cm³/mol. The highest BCUT2D eigenvalue weighted by Gasteiger charge is 2.32. The second kappa shape index (κ2) is 11.1. The fourth-order valence-corrected chi connectivity index (χ4v) is 2.30. The van der Waals surface area contributed by atoms with E-state index in [4.69, 9.17) is 4.74 Å². The van der Waals surface area contributed by atoms with Gasteiger partial charge in [0, 0.05) is 5.70 Å². The van der Waals surface area contributed by atoms with Crippen molar-refractivity contribution in [2.45, 2.75) is 26.9 Å². The normalized spacial score (nSPS) is 11.7. The molecule has 0 aliphatic carbocycles. The van der Waals surface area contributed by atoms with Gasteiger partial charge in [0.1, 0.15) is 11.5 Å². The van der Waals surface area contributed by atoms with Gasteiger partial charge in [0.05, 0.1) is 24.0 Å². The van der Waals surface area contributed by atoms with E-state index in [-0.39, 0.29) is 22.8 Å². The van der Waals surface area contributed by atoms with Crippen LogP contribution in [0, 0.1) is 12.9 Å². The number of rotatable bonds is 5. The van der Waals surface area contributed by atoms with Gasteiger partial charge in [-0.15, -0.1) is 0 Å². The van der Waals surface area contributed by atoms with Crippen molar-refractivity contribution < 1.29 is 31.5 Å². The molecule has 162 valence electrons. The van der Waals surface area contributed by atoms with Gasteiger partial charge in [-0.1, -0.05) is 12.2 Å². The van der Waals surface area contributed by atoms with Crippen molar-refractivity contribution in [2.75, 3.05) is 7.18 Å². The largest absolute Gasteiger partial charge is 0.455 e. The Morgan fingerprint density at radius 2 is 1.77 bits per heavy atom. The summed E-state index contributed by atoms with van der Waals surface area (Å²) in [7, 11) is 0.500. The van der Waals surface area contributed by atoms with Gasteiger partial charge < -0.3 is 10.1 Å². The molecule has 1 N–H and O–H groups in total. The van der Waals surface area contributed by atoms with E-state index < -0.39 is 23.6 Å². The number of ether oxygens (including phenoxy) is 1. The van der Waals surface area contributed by atoms with Crippen LogP contribution in [0.25, 0.3) is 0 Å². The molecule has 0 aliphatic heterocycles. The SMILES string of the molecule is C/C=C\C(=C/C)NC(=O)c1ccc(C(F)(F)F)cc1Oc1ccc(F)nc1C.CF. The van der Waals surface area contributed by atoms with Gasteiger partial charge in [-0.05, 0) is 57.2 Å². The summed E-state index contributed by atoms with van der Waals surface area (Å²) in [5, 5.41) is 2.59. The predicted octanol–water partition coefficient (Wildman–Crippen LogP) is 6.14. The highest BCUT2D eigenvalue weighted by molar-refractivity contribution is 5.98. The standard InChI is InChI=1S/C20H18F4N2O2.CH3F/c1-4-6-14(5-2)26-19(27)15-8-7-13(20(22,23)24)11-17(15)28-16-9-10-18(21)25-12(16)3;1-2/h4-11H,1-3H3,(H,26,27);1H3/b6-4-,14-5+;. The van der Waals surface area contributed by atoms with Gasteiger partial charge in [0.2, 0.25) is 5.95 Å². The lowest BCUT2D eigenvalue weighted by atomic mass is 10.1. The first kappa shape index (κ1) is 24.8. The molecule has 9 heteroatoms. The molecule has 2 rings (SSSR count). The van der Waals surface area contributed by atoms with Crippen LogP contribution < -0.4 is 10.1 Å². The van der Waals surface area contributed by atoms with Crippen LogP contribution >= 0.6 is 0 Å². The van der Waals surface area contributed by atoms with E-state index >= 15 is 0 Å². The lowest BCUT2D eigenvalue weighted by Crippen LogP contribution is -2.22. The summed E-state index contributed by atoms with van der Waals surface area (Å²) in [6, 6.07) is 4.80. The summed E-state index contributed by atoms with van der Waals surface area (Å²) in [5.74, 6) is -1.69. The Labute approximate surface area is 171 Å². The zero-order chi connectivity index (χ0) is 22.9. The quantitative estimate of drug-likeness (QED) is 0.354. The number of halogens is 5. The Bertz CT molecular complexity index is 937. The molecule has 30 heavy (non-hydrogen) atoms. The van der Waals surface area contributed by atoms with Gasteiger partial charge in [-0.2, -0.15) is 17.6 Å². The Morgan fingerprint density at radius 1 is 1.10 bits per heavy atom. The van der Waals surface area contributed by atoms with Crippen LogP contribution in [0.5, 0.6) is 11.5 Å². The second-order valence-electron chi connectivity index (χ2n) is 5.73.